The molecular weight excluding hydrogens is 395 g/mol. The number of halogens is 3. The molecule has 3 aromatic rings. The number of aromatic nitrogens is 4. The summed E-state index contributed by atoms with van der Waals surface area (Å²) in [6.45, 7) is -0.572. The first-order valence-corrected chi connectivity index (χ1v) is 8.51. The van der Waals surface area contributed by atoms with Gasteiger partial charge in [-0.3, -0.25) is 4.57 Å². The van der Waals surface area contributed by atoms with E-state index in [0.29, 0.717) is 0 Å². The van der Waals surface area contributed by atoms with Gasteiger partial charge >= 0.3 is 6.18 Å². The Morgan fingerprint density at radius 3 is 2.59 bits per heavy atom. The summed E-state index contributed by atoms with van der Waals surface area (Å²) in [5, 5.41) is 29.9. The van der Waals surface area contributed by atoms with E-state index in [1.807, 2.05) is 0 Å². The molecule has 0 aliphatic carbocycles. The molecule has 9 nitrogen and oxygen atoms in total. The fourth-order valence-electron chi connectivity index (χ4n) is 3.30. The van der Waals surface area contributed by atoms with Crippen LogP contribution in [0.4, 0.5) is 19.0 Å². The number of hydrogen-bond donors (Lipinski definition) is 4. The summed E-state index contributed by atoms with van der Waals surface area (Å²) in [5.41, 5.74) is 5.19. The number of nitrogens with two attached hydrogens (primary N) is 1. The summed E-state index contributed by atoms with van der Waals surface area (Å²) in [7, 11) is 0. The number of imidazole rings is 1. The predicted molar refractivity (Wildman–Crippen MR) is 93.2 cm³/mol. The van der Waals surface area contributed by atoms with Gasteiger partial charge in [-0.25, -0.2) is 15.0 Å². The molecule has 1 fully saturated rings. The van der Waals surface area contributed by atoms with E-state index >= 15 is 0 Å². The minimum atomic E-state index is -4.58. The van der Waals surface area contributed by atoms with Crippen LogP contribution in [0.15, 0.2) is 30.6 Å². The Kier molecular flexibility index (Phi) is 4.65. The molecule has 0 spiro atoms. The molecule has 1 aromatic carbocycles. The zero-order chi connectivity index (χ0) is 20.9. The smallest absolute Gasteiger partial charge is 0.394 e. The monoisotopic (exact) mass is 411 g/mol. The van der Waals surface area contributed by atoms with Crippen molar-refractivity contribution in [3.63, 3.8) is 0 Å². The van der Waals surface area contributed by atoms with Crippen LogP contribution < -0.4 is 5.73 Å². The van der Waals surface area contributed by atoms with Gasteiger partial charge in [-0.15, -0.1) is 0 Å². The van der Waals surface area contributed by atoms with E-state index in [1.54, 1.807) is 0 Å². The molecule has 2 aromatic heterocycles. The number of fused-ring (bicyclic) bond motifs is 1. The van der Waals surface area contributed by atoms with Crippen LogP contribution in [0.1, 0.15) is 11.8 Å². The second-order valence-corrected chi connectivity index (χ2v) is 6.54. The maximum absolute atomic E-state index is 13.2. The SMILES string of the molecule is Nc1ncnc2c1nc(-c1cccc(C(F)(F)F)c1)n2C1OC(CO)C(O)C1O. The van der Waals surface area contributed by atoms with Crippen molar-refractivity contribution in [3.05, 3.63) is 36.2 Å². The highest BCUT2D eigenvalue weighted by atomic mass is 19.4. The van der Waals surface area contributed by atoms with Gasteiger partial charge < -0.3 is 25.8 Å². The molecule has 0 bridgehead atoms. The summed E-state index contributed by atoms with van der Waals surface area (Å²) in [6.07, 6.45) is -8.73. The lowest BCUT2D eigenvalue weighted by molar-refractivity contribution is -0.137. The van der Waals surface area contributed by atoms with E-state index in [-0.39, 0.29) is 28.4 Å². The van der Waals surface area contributed by atoms with Gasteiger partial charge in [-0.1, -0.05) is 12.1 Å². The molecule has 3 heterocycles. The van der Waals surface area contributed by atoms with Crippen molar-refractivity contribution in [2.24, 2.45) is 0 Å². The van der Waals surface area contributed by atoms with E-state index in [4.69, 9.17) is 10.5 Å². The van der Waals surface area contributed by atoms with Gasteiger partial charge in [0.15, 0.2) is 23.2 Å². The minimum Gasteiger partial charge on any atom is -0.394 e. The average molecular weight is 411 g/mol. The summed E-state index contributed by atoms with van der Waals surface area (Å²) in [5.74, 6) is -0.0399. The fourth-order valence-corrected chi connectivity index (χ4v) is 3.30. The third-order valence-electron chi connectivity index (χ3n) is 4.73. The molecule has 0 amide bonds. The standard InChI is InChI=1S/C17H16F3N5O4/c18-17(19,20)8-3-1-2-7(4-8)14-24-10-13(21)22-6-23-15(10)25(14)16-12(28)11(27)9(5-26)29-16/h1-4,6,9,11-12,16,26-28H,5H2,(H2,21,22,23). The van der Waals surface area contributed by atoms with Crippen molar-refractivity contribution in [1.82, 2.24) is 19.5 Å². The van der Waals surface area contributed by atoms with E-state index < -0.39 is 42.9 Å². The summed E-state index contributed by atoms with van der Waals surface area (Å²) in [4.78, 5) is 12.2. The van der Waals surface area contributed by atoms with E-state index in [2.05, 4.69) is 15.0 Å². The second kappa shape index (κ2) is 6.91. The maximum atomic E-state index is 13.2. The highest BCUT2D eigenvalue weighted by molar-refractivity contribution is 5.85. The Morgan fingerprint density at radius 2 is 1.93 bits per heavy atom. The van der Waals surface area contributed by atoms with Crippen molar-refractivity contribution in [3.8, 4) is 11.4 Å². The van der Waals surface area contributed by atoms with Crippen molar-refractivity contribution < 1.29 is 33.2 Å². The van der Waals surface area contributed by atoms with E-state index in [0.717, 1.165) is 18.5 Å². The zero-order valence-corrected chi connectivity index (χ0v) is 14.7. The first-order valence-electron chi connectivity index (χ1n) is 8.51. The van der Waals surface area contributed by atoms with Crippen LogP contribution in [0.2, 0.25) is 0 Å². The number of hydrogen-bond acceptors (Lipinski definition) is 8. The quantitative estimate of drug-likeness (QED) is 0.494. The van der Waals surface area contributed by atoms with Crippen molar-refractivity contribution >= 4 is 17.0 Å². The van der Waals surface area contributed by atoms with Crippen molar-refractivity contribution in [2.75, 3.05) is 12.3 Å². The molecule has 4 atom stereocenters. The van der Waals surface area contributed by atoms with Crippen LogP contribution in [-0.4, -0.2) is 59.8 Å². The Morgan fingerprint density at radius 1 is 1.17 bits per heavy atom. The number of nitrogens with zero attached hydrogens (tertiary/aromatic N) is 4. The third-order valence-corrected chi connectivity index (χ3v) is 4.73. The van der Waals surface area contributed by atoms with Gasteiger partial charge in [0.05, 0.1) is 12.2 Å². The van der Waals surface area contributed by atoms with Gasteiger partial charge in [-0.05, 0) is 12.1 Å². The van der Waals surface area contributed by atoms with Crippen LogP contribution in [0.5, 0.6) is 0 Å². The zero-order valence-electron chi connectivity index (χ0n) is 14.7. The summed E-state index contributed by atoms with van der Waals surface area (Å²) >= 11 is 0. The largest absolute Gasteiger partial charge is 0.416 e. The van der Waals surface area contributed by atoms with Gasteiger partial charge in [0.25, 0.3) is 0 Å². The number of nitrogen functional groups attached to an aromatic ring is 1. The number of rotatable bonds is 3. The molecule has 1 aliphatic heterocycles. The molecule has 12 heteroatoms. The lowest BCUT2D eigenvalue weighted by Crippen LogP contribution is -2.33. The number of anilines is 1. The number of alkyl halides is 3. The highest BCUT2D eigenvalue weighted by Gasteiger charge is 2.45. The molecule has 0 radical (unpaired) electrons. The number of aliphatic hydroxyl groups excluding tert-OH is 3. The molecule has 1 saturated heterocycles. The van der Waals surface area contributed by atoms with Crippen LogP contribution >= 0.6 is 0 Å². The number of aliphatic hydroxyl groups is 3. The van der Waals surface area contributed by atoms with Gasteiger partial charge in [0, 0.05) is 5.56 Å². The minimum absolute atomic E-state index is 0.0197. The summed E-state index contributed by atoms with van der Waals surface area (Å²) < 4.78 is 46.3. The van der Waals surface area contributed by atoms with E-state index in [1.165, 1.54) is 16.7 Å². The van der Waals surface area contributed by atoms with Gasteiger partial charge in [0.1, 0.15) is 30.5 Å². The Hall–Kier alpha value is -2.80. The first kappa shape index (κ1) is 19.5. The van der Waals surface area contributed by atoms with Crippen molar-refractivity contribution in [2.45, 2.75) is 30.7 Å². The van der Waals surface area contributed by atoms with Crippen LogP contribution in [0, 0.1) is 0 Å². The maximum Gasteiger partial charge on any atom is 0.416 e. The third kappa shape index (κ3) is 3.19. The van der Waals surface area contributed by atoms with Crippen molar-refractivity contribution in [1.29, 1.82) is 0 Å². The predicted octanol–water partition coefficient (Wildman–Crippen LogP) is 0.706. The lowest BCUT2D eigenvalue weighted by Gasteiger charge is -2.19. The molecule has 29 heavy (non-hydrogen) atoms. The summed E-state index contributed by atoms with van der Waals surface area (Å²) in [6, 6.07) is 4.42. The van der Waals surface area contributed by atoms with Crippen LogP contribution in [0.25, 0.3) is 22.6 Å². The number of benzene rings is 1. The lowest BCUT2D eigenvalue weighted by atomic mass is 10.1. The fraction of sp³-hybridized carbons (Fsp3) is 0.353. The Labute approximate surface area is 161 Å². The number of ether oxygens (including phenoxy) is 1. The van der Waals surface area contributed by atoms with Gasteiger partial charge in [0.2, 0.25) is 0 Å². The van der Waals surface area contributed by atoms with Crippen LogP contribution in [-0.2, 0) is 10.9 Å². The molecule has 5 N–H and O–H groups in total. The molecular formula is C17H16F3N5O4. The first-order chi connectivity index (χ1) is 13.7. The average Bonchev–Trinajstić information content (AvgIpc) is 3.20. The molecule has 154 valence electrons. The molecule has 1 aliphatic rings. The Balaban J connectivity index is 1.94. The van der Waals surface area contributed by atoms with Gasteiger partial charge in [-0.2, -0.15) is 13.2 Å². The van der Waals surface area contributed by atoms with E-state index in [9.17, 15) is 28.5 Å². The normalized spacial score (nSPS) is 25.0. The van der Waals surface area contributed by atoms with Crippen LogP contribution in [0.3, 0.4) is 0 Å². The Bertz CT molecular complexity index is 1060. The second-order valence-electron chi connectivity index (χ2n) is 6.54. The highest BCUT2D eigenvalue weighted by Crippen LogP contribution is 2.38. The topological polar surface area (TPSA) is 140 Å². The molecule has 0 saturated carbocycles. The molecule has 4 rings (SSSR count). The molecule has 4 unspecified atom stereocenters.